The van der Waals surface area contributed by atoms with Crippen molar-refractivity contribution in [1.29, 1.82) is 0 Å². The van der Waals surface area contributed by atoms with Gasteiger partial charge in [0.1, 0.15) is 6.54 Å². The van der Waals surface area contributed by atoms with Crippen LogP contribution in [-0.4, -0.2) is 45.8 Å². The van der Waals surface area contributed by atoms with Gasteiger partial charge in [0.05, 0.1) is 34.0 Å². The van der Waals surface area contributed by atoms with Crippen LogP contribution in [0.5, 0.6) is 23.0 Å². The Bertz CT molecular complexity index is 894. The van der Waals surface area contributed by atoms with Crippen LogP contribution in [0.15, 0.2) is 24.3 Å². The van der Waals surface area contributed by atoms with Crippen LogP contribution in [0.25, 0.3) is 0 Å². The molecule has 0 aromatic heterocycles. The van der Waals surface area contributed by atoms with Crippen LogP contribution >= 0.6 is 0 Å². The summed E-state index contributed by atoms with van der Waals surface area (Å²) in [4.78, 5) is 0. The van der Waals surface area contributed by atoms with Crippen LogP contribution in [0.2, 0.25) is 0 Å². The monoisotopic (exact) mass is 481 g/mol. The zero-order chi connectivity index (χ0) is 18.3. The number of ether oxygens (including phenoxy) is 4. The van der Waals surface area contributed by atoms with Gasteiger partial charge in [-0.25, -0.2) is 4.58 Å². The first-order valence-electron chi connectivity index (χ1n) is 8.79. The van der Waals surface area contributed by atoms with Gasteiger partial charge in [0.2, 0.25) is 0 Å². The first kappa shape index (κ1) is 19.8. The van der Waals surface area contributed by atoms with Crippen LogP contribution in [0.4, 0.5) is 0 Å². The topological polar surface area (TPSA) is 39.9 Å². The Morgan fingerprint density at radius 2 is 1.56 bits per heavy atom. The summed E-state index contributed by atoms with van der Waals surface area (Å²) in [6, 6.07) is 8.67. The van der Waals surface area contributed by atoms with Crippen molar-refractivity contribution in [2.45, 2.75) is 18.9 Å². The summed E-state index contributed by atoms with van der Waals surface area (Å²) in [7, 11) is 6.74. The number of halogens is 1. The van der Waals surface area contributed by atoms with Crippen molar-refractivity contribution in [2.75, 3.05) is 35.0 Å². The fourth-order valence-electron chi connectivity index (χ4n) is 4.11. The van der Waals surface area contributed by atoms with Crippen molar-refractivity contribution < 1.29 is 47.5 Å². The molecule has 2 aliphatic heterocycles. The van der Waals surface area contributed by atoms with Gasteiger partial charge in [-0.3, -0.25) is 0 Å². The van der Waals surface area contributed by atoms with Gasteiger partial charge in [-0.15, -0.1) is 0 Å². The van der Waals surface area contributed by atoms with E-state index >= 15 is 0 Å². The molecule has 5 nitrogen and oxygen atoms in total. The standard InChI is InChI=1S/C21H24NO4.HI/c1-23-18-6-5-13-9-17-15-11-20(25-3)19(24-2)10-14(15)7-8-22(17)12-16(13)21(18)26-4;/h5-6,10-12,17H,7-9H2,1-4H3;1H/q+1;/p-1/t17-;/m0./s1. The first-order chi connectivity index (χ1) is 12.7. The quantitative estimate of drug-likeness (QED) is 0.456. The van der Waals surface area contributed by atoms with Gasteiger partial charge < -0.3 is 42.9 Å². The maximum atomic E-state index is 5.63. The molecule has 0 aliphatic carbocycles. The predicted molar refractivity (Wildman–Crippen MR) is 99.5 cm³/mol. The third-order valence-corrected chi connectivity index (χ3v) is 5.43. The predicted octanol–water partition coefficient (Wildman–Crippen LogP) is 0.00990. The van der Waals surface area contributed by atoms with Gasteiger partial charge in [-0.2, -0.15) is 0 Å². The maximum Gasteiger partial charge on any atom is 0.182 e. The van der Waals surface area contributed by atoms with E-state index in [2.05, 4.69) is 29.0 Å². The van der Waals surface area contributed by atoms with Gasteiger partial charge >= 0.3 is 0 Å². The van der Waals surface area contributed by atoms with Gasteiger partial charge in [-0.05, 0) is 29.3 Å². The summed E-state index contributed by atoms with van der Waals surface area (Å²) in [5.41, 5.74) is 5.03. The Hall–Kier alpha value is -1.96. The zero-order valence-electron chi connectivity index (χ0n) is 16.0. The number of hydrogen-bond acceptors (Lipinski definition) is 4. The third-order valence-electron chi connectivity index (χ3n) is 5.43. The molecule has 6 heteroatoms. The molecule has 1 atom stereocenters. The molecule has 0 amide bonds. The number of rotatable bonds is 4. The van der Waals surface area contributed by atoms with E-state index in [0.717, 1.165) is 47.9 Å². The van der Waals surface area contributed by atoms with E-state index in [1.807, 2.05) is 6.07 Å². The summed E-state index contributed by atoms with van der Waals surface area (Å²) in [5.74, 6) is 3.16. The van der Waals surface area contributed by atoms with E-state index < -0.39 is 0 Å². The molecule has 2 heterocycles. The molecular weight excluding hydrogens is 457 g/mol. The van der Waals surface area contributed by atoms with E-state index in [4.69, 9.17) is 18.9 Å². The van der Waals surface area contributed by atoms with E-state index in [9.17, 15) is 0 Å². The normalized spacial score (nSPS) is 16.7. The second kappa shape index (κ2) is 7.96. The fraction of sp³-hybridized carbons (Fsp3) is 0.381. The average molecular weight is 481 g/mol. The number of benzene rings is 2. The fourth-order valence-corrected chi connectivity index (χ4v) is 4.11. The molecule has 0 saturated heterocycles. The first-order valence-corrected chi connectivity index (χ1v) is 8.79. The van der Waals surface area contributed by atoms with Crippen LogP contribution in [0.3, 0.4) is 0 Å². The zero-order valence-corrected chi connectivity index (χ0v) is 18.2. The second-order valence-electron chi connectivity index (χ2n) is 6.62. The van der Waals surface area contributed by atoms with Crippen LogP contribution in [0.1, 0.15) is 28.3 Å². The maximum absolute atomic E-state index is 5.63. The molecule has 0 fully saturated rings. The molecule has 0 bridgehead atoms. The minimum atomic E-state index is 0. The SMILES string of the molecule is COc1cc2c(cc1OC)[C@@H]1Cc3ccc(OC)c(OC)c3C=[N+]1CC2.[I-]. The van der Waals surface area contributed by atoms with Crippen molar-refractivity contribution in [3.05, 3.63) is 46.5 Å². The minimum Gasteiger partial charge on any atom is -1.00 e. The van der Waals surface area contributed by atoms with Crippen LogP contribution in [-0.2, 0) is 12.8 Å². The highest BCUT2D eigenvalue weighted by atomic mass is 127. The highest BCUT2D eigenvalue weighted by Crippen LogP contribution is 2.42. The molecule has 0 N–H and O–H groups in total. The summed E-state index contributed by atoms with van der Waals surface area (Å²) in [6.07, 6.45) is 4.11. The third kappa shape index (κ3) is 3.24. The molecule has 27 heavy (non-hydrogen) atoms. The van der Waals surface area contributed by atoms with Gasteiger partial charge in [0.15, 0.2) is 35.3 Å². The molecule has 2 aromatic carbocycles. The van der Waals surface area contributed by atoms with Gasteiger partial charge in [0, 0.05) is 18.4 Å². The lowest BCUT2D eigenvalue weighted by molar-refractivity contribution is -0.573. The molecular formula is C21H24INO4. The van der Waals surface area contributed by atoms with Crippen molar-refractivity contribution in [3.63, 3.8) is 0 Å². The summed E-state index contributed by atoms with van der Waals surface area (Å²) in [6.45, 7) is 0.965. The largest absolute Gasteiger partial charge is 1.00 e. The molecule has 0 radical (unpaired) electrons. The Morgan fingerprint density at radius 3 is 2.22 bits per heavy atom. The Labute approximate surface area is 176 Å². The molecule has 0 spiro atoms. The average Bonchev–Trinajstić information content (AvgIpc) is 2.70. The highest BCUT2D eigenvalue weighted by molar-refractivity contribution is 5.85. The summed E-state index contributed by atoms with van der Waals surface area (Å²) >= 11 is 0. The number of nitrogens with zero attached hydrogens (tertiary/aromatic N) is 1. The van der Waals surface area contributed by atoms with Crippen molar-refractivity contribution in [1.82, 2.24) is 0 Å². The summed E-state index contributed by atoms with van der Waals surface area (Å²) in [5, 5.41) is 0. The van der Waals surface area contributed by atoms with Crippen LogP contribution < -0.4 is 42.9 Å². The van der Waals surface area contributed by atoms with Gasteiger partial charge in [0.25, 0.3) is 0 Å². The smallest absolute Gasteiger partial charge is 0.182 e. The van der Waals surface area contributed by atoms with E-state index in [-0.39, 0.29) is 24.0 Å². The molecule has 144 valence electrons. The Morgan fingerprint density at radius 1 is 0.852 bits per heavy atom. The lowest BCUT2D eigenvalue weighted by Gasteiger charge is -2.29. The molecule has 4 rings (SSSR count). The van der Waals surface area contributed by atoms with E-state index in [1.165, 1.54) is 16.7 Å². The van der Waals surface area contributed by atoms with Crippen molar-refractivity contribution in [3.8, 4) is 23.0 Å². The Kier molecular flexibility index (Phi) is 5.83. The number of hydrogen-bond donors (Lipinski definition) is 0. The van der Waals surface area contributed by atoms with E-state index in [0.29, 0.717) is 6.04 Å². The lowest BCUT2D eigenvalue weighted by Crippen LogP contribution is -3.00. The minimum absolute atomic E-state index is 0. The lowest BCUT2D eigenvalue weighted by atomic mass is 9.85. The van der Waals surface area contributed by atoms with E-state index in [1.54, 1.807) is 28.4 Å². The van der Waals surface area contributed by atoms with Crippen molar-refractivity contribution in [2.24, 2.45) is 0 Å². The van der Waals surface area contributed by atoms with Crippen LogP contribution in [0, 0.1) is 0 Å². The molecule has 2 aromatic rings. The molecule has 2 aliphatic rings. The van der Waals surface area contributed by atoms with Crippen molar-refractivity contribution >= 4 is 6.21 Å². The Balaban J connectivity index is 0.00000210. The number of methoxy groups -OCH3 is 4. The van der Waals surface area contributed by atoms with Gasteiger partial charge in [-0.1, -0.05) is 6.07 Å². The highest BCUT2D eigenvalue weighted by Gasteiger charge is 2.36. The molecule has 0 unspecified atom stereocenters. The number of fused-ring (bicyclic) bond motifs is 4. The summed E-state index contributed by atoms with van der Waals surface area (Å²) < 4.78 is 24.5. The molecule has 0 saturated carbocycles. The second-order valence-corrected chi connectivity index (χ2v) is 6.62.